The van der Waals surface area contributed by atoms with Gasteiger partial charge in [0.25, 0.3) is 0 Å². The molecule has 1 aromatic heterocycles. The van der Waals surface area contributed by atoms with Gasteiger partial charge in [-0.3, -0.25) is 14.6 Å². The predicted molar refractivity (Wildman–Crippen MR) is 116 cm³/mol. The van der Waals surface area contributed by atoms with Crippen LogP contribution in [0.15, 0.2) is 12.1 Å². The molecule has 0 spiro atoms. The second-order valence-electron chi connectivity index (χ2n) is 10.2. The molecule has 2 heterocycles. The number of fused-ring (bicyclic) bond motifs is 1. The highest BCUT2D eigenvalue weighted by atomic mass is 16.4. The summed E-state index contributed by atoms with van der Waals surface area (Å²) < 4.78 is 0. The number of hydrogen-bond acceptors (Lipinski definition) is 3. The van der Waals surface area contributed by atoms with Crippen molar-refractivity contribution in [1.82, 2.24) is 9.88 Å². The number of carboxylic acids is 1. The highest BCUT2D eigenvalue weighted by molar-refractivity contribution is 5.82. The van der Waals surface area contributed by atoms with Crippen molar-refractivity contribution in [2.45, 2.75) is 84.0 Å². The zero-order chi connectivity index (χ0) is 21.1. The average Bonchev–Trinajstić information content (AvgIpc) is 2.75. The van der Waals surface area contributed by atoms with Crippen LogP contribution in [0.4, 0.5) is 0 Å². The highest BCUT2D eigenvalue weighted by Crippen LogP contribution is 2.41. The first-order valence-electron chi connectivity index (χ1n) is 11.9. The van der Waals surface area contributed by atoms with E-state index in [1.807, 2.05) is 0 Å². The van der Waals surface area contributed by atoms with Crippen LogP contribution in [-0.4, -0.2) is 40.0 Å². The summed E-state index contributed by atoms with van der Waals surface area (Å²) >= 11 is 0. The van der Waals surface area contributed by atoms with E-state index in [1.54, 1.807) is 0 Å². The lowest BCUT2D eigenvalue weighted by Crippen LogP contribution is -2.47. The van der Waals surface area contributed by atoms with Crippen molar-refractivity contribution in [3.8, 4) is 0 Å². The first-order chi connectivity index (χ1) is 14.4. The van der Waals surface area contributed by atoms with Crippen LogP contribution in [0.5, 0.6) is 0 Å². The molecule has 2 aliphatic carbocycles. The summed E-state index contributed by atoms with van der Waals surface area (Å²) in [5.74, 6) is 0.424. The van der Waals surface area contributed by atoms with Gasteiger partial charge in [0.15, 0.2) is 0 Å². The van der Waals surface area contributed by atoms with Crippen LogP contribution in [-0.2, 0) is 28.9 Å². The molecule has 1 amide bonds. The SMILES string of the molecule is CC1(C(=O)N2CCC(Cc3ccc4c(n3)CCCC4)CC2)CCC(CC(=O)O)CC1. The number of hydrogen-bond donors (Lipinski definition) is 1. The minimum atomic E-state index is -0.717. The van der Waals surface area contributed by atoms with Gasteiger partial charge in [-0.25, -0.2) is 0 Å². The third-order valence-electron chi connectivity index (χ3n) is 7.82. The Morgan fingerprint density at radius 3 is 2.47 bits per heavy atom. The molecule has 164 valence electrons. The molecule has 0 atom stereocenters. The van der Waals surface area contributed by atoms with Crippen molar-refractivity contribution in [3.05, 3.63) is 29.1 Å². The topological polar surface area (TPSA) is 70.5 Å². The molecule has 1 aliphatic heterocycles. The molecule has 0 radical (unpaired) electrons. The lowest BCUT2D eigenvalue weighted by Gasteiger charge is -2.41. The normalized spacial score (nSPS) is 27.5. The largest absolute Gasteiger partial charge is 0.481 e. The van der Waals surface area contributed by atoms with E-state index in [1.165, 1.54) is 36.2 Å². The van der Waals surface area contributed by atoms with E-state index in [-0.39, 0.29) is 17.8 Å². The first kappa shape index (κ1) is 21.3. The minimum absolute atomic E-state index is 0.234. The van der Waals surface area contributed by atoms with Gasteiger partial charge in [-0.2, -0.15) is 0 Å². The maximum Gasteiger partial charge on any atom is 0.303 e. The number of rotatable bonds is 5. The molecule has 0 bridgehead atoms. The Balaban J connectivity index is 1.27. The van der Waals surface area contributed by atoms with Crippen LogP contribution >= 0.6 is 0 Å². The number of piperidine rings is 1. The molecule has 1 N–H and O–H groups in total. The summed E-state index contributed by atoms with van der Waals surface area (Å²) in [6, 6.07) is 4.51. The highest BCUT2D eigenvalue weighted by Gasteiger charge is 2.41. The van der Waals surface area contributed by atoms with Crippen molar-refractivity contribution < 1.29 is 14.7 Å². The van der Waals surface area contributed by atoms with Crippen molar-refractivity contribution in [1.29, 1.82) is 0 Å². The van der Waals surface area contributed by atoms with Crippen molar-refractivity contribution in [2.75, 3.05) is 13.1 Å². The summed E-state index contributed by atoms with van der Waals surface area (Å²) in [6.45, 7) is 3.79. The number of likely N-dealkylation sites (tertiary alicyclic amines) is 1. The van der Waals surface area contributed by atoms with Crippen LogP contribution < -0.4 is 0 Å². The zero-order valence-electron chi connectivity index (χ0n) is 18.4. The Labute approximate surface area is 180 Å². The first-order valence-corrected chi connectivity index (χ1v) is 11.9. The molecule has 1 saturated carbocycles. The molecular formula is C25H36N2O3. The van der Waals surface area contributed by atoms with Gasteiger partial charge in [0.05, 0.1) is 0 Å². The van der Waals surface area contributed by atoms with Crippen molar-refractivity contribution in [3.63, 3.8) is 0 Å². The quantitative estimate of drug-likeness (QED) is 0.777. The fourth-order valence-corrected chi connectivity index (χ4v) is 5.74. The van der Waals surface area contributed by atoms with E-state index in [9.17, 15) is 9.59 Å². The number of carboxylic acid groups (broad SMARTS) is 1. The molecule has 30 heavy (non-hydrogen) atoms. The van der Waals surface area contributed by atoms with Gasteiger partial charge in [-0.15, -0.1) is 0 Å². The molecule has 5 heteroatoms. The van der Waals surface area contributed by atoms with E-state index in [2.05, 4.69) is 24.0 Å². The van der Waals surface area contributed by atoms with E-state index < -0.39 is 5.97 Å². The Morgan fingerprint density at radius 2 is 1.77 bits per heavy atom. The lowest BCUT2D eigenvalue weighted by molar-refractivity contribution is -0.145. The Bertz CT molecular complexity index is 775. The second-order valence-corrected chi connectivity index (χ2v) is 10.2. The molecular weight excluding hydrogens is 376 g/mol. The van der Waals surface area contributed by atoms with E-state index >= 15 is 0 Å². The van der Waals surface area contributed by atoms with Gasteiger partial charge in [0, 0.05) is 36.3 Å². The summed E-state index contributed by atoms with van der Waals surface area (Å²) in [5.41, 5.74) is 3.68. The summed E-state index contributed by atoms with van der Waals surface area (Å²) in [7, 11) is 0. The van der Waals surface area contributed by atoms with Crippen LogP contribution in [0.25, 0.3) is 0 Å². The molecule has 2 fully saturated rings. The van der Waals surface area contributed by atoms with Crippen molar-refractivity contribution in [2.24, 2.45) is 17.3 Å². The minimum Gasteiger partial charge on any atom is -0.481 e. The predicted octanol–water partition coefficient (Wildman–Crippen LogP) is 4.41. The number of pyridine rings is 1. The Hall–Kier alpha value is -1.91. The molecule has 1 saturated heterocycles. The standard InChI is InChI=1S/C25H36N2O3/c1-25(12-8-18(9-13-25)17-23(28)29)24(30)27-14-10-19(11-15-27)16-21-7-6-20-4-2-3-5-22(20)26-21/h6-7,18-19H,2-5,8-17H2,1H3,(H,28,29). The van der Waals surface area contributed by atoms with Gasteiger partial charge in [-0.1, -0.05) is 13.0 Å². The fourth-order valence-electron chi connectivity index (χ4n) is 5.74. The van der Waals surface area contributed by atoms with Gasteiger partial charge >= 0.3 is 5.97 Å². The molecule has 3 aliphatic rings. The maximum absolute atomic E-state index is 13.2. The molecule has 1 aromatic rings. The number of nitrogens with zero attached hydrogens (tertiary/aromatic N) is 2. The third kappa shape index (κ3) is 4.87. The monoisotopic (exact) mass is 412 g/mol. The number of amides is 1. The van der Waals surface area contributed by atoms with Crippen LogP contribution in [0.1, 0.15) is 81.7 Å². The summed E-state index contributed by atoms with van der Waals surface area (Å²) in [4.78, 5) is 31.2. The molecule has 4 rings (SSSR count). The lowest BCUT2D eigenvalue weighted by atomic mass is 9.70. The number of aromatic nitrogens is 1. The maximum atomic E-state index is 13.2. The number of aryl methyl sites for hydroxylation is 2. The van der Waals surface area contributed by atoms with Crippen LogP contribution in [0.2, 0.25) is 0 Å². The number of carbonyl (C=O) groups is 2. The summed E-state index contributed by atoms with van der Waals surface area (Å²) in [6.07, 6.45) is 11.6. The number of aliphatic carboxylic acids is 1. The molecule has 5 nitrogen and oxygen atoms in total. The molecule has 0 unspecified atom stereocenters. The fraction of sp³-hybridized carbons (Fsp3) is 0.720. The van der Waals surface area contributed by atoms with Gasteiger partial charge < -0.3 is 10.0 Å². The molecule has 0 aromatic carbocycles. The second kappa shape index (κ2) is 9.07. The van der Waals surface area contributed by atoms with Crippen LogP contribution in [0, 0.1) is 17.3 Å². The van der Waals surface area contributed by atoms with E-state index in [0.717, 1.165) is 64.5 Å². The van der Waals surface area contributed by atoms with E-state index in [4.69, 9.17) is 10.1 Å². The van der Waals surface area contributed by atoms with Gasteiger partial charge in [-0.05, 0) is 94.1 Å². The van der Waals surface area contributed by atoms with Crippen LogP contribution in [0.3, 0.4) is 0 Å². The Morgan fingerprint density at radius 1 is 1.07 bits per heavy atom. The third-order valence-corrected chi connectivity index (χ3v) is 7.82. The van der Waals surface area contributed by atoms with Crippen molar-refractivity contribution >= 4 is 11.9 Å². The van der Waals surface area contributed by atoms with Gasteiger partial charge in [0.2, 0.25) is 5.91 Å². The Kier molecular flexibility index (Phi) is 6.45. The van der Waals surface area contributed by atoms with Gasteiger partial charge in [0.1, 0.15) is 0 Å². The average molecular weight is 413 g/mol. The smallest absolute Gasteiger partial charge is 0.303 e. The summed E-state index contributed by atoms with van der Waals surface area (Å²) in [5, 5.41) is 9.02. The zero-order valence-corrected chi connectivity index (χ0v) is 18.4. The van der Waals surface area contributed by atoms with E-state index in [0.29, 0.717) is 11.8 Å². The number of carbonyl (C=O) groups excluding carboxylic acids is 1.